The Bertz CT molecular complexity index is 884. The fourth-order valence-electron chi connectivity index (χ4n) is 2.96. The van der Waals surface area contributed by atoms with Crippen molar-refractivity contribution in [2.24, 2.45) is 0 Å². The van der Waals surface area contributed by atoms with Gasteiger partial charge in [0.2, 0.25) is 0 Å². The summed E-state index contributed by atoms with van der Waals surface area (Å²) in [6, 6.07) is 1.66. The van der Waals surface area contributed by atoms with Crippen molar-refractivity contribution in [1.82, 2.24) is 25.8 Å². The highest BCUT2D eigenvalue weighted by atomic mass is 19.4. The molecule has 0 spiro atoms. The van der Waals surface area contributed by atoms with Gasteiger partial charge in [0.05, 0.1) is 6.54 Å². The lowest BCUT2D eigenvalue weighted by atomic mass is 9.95. The number of alkyl halides is 3. The van der Waals surface area contributed by atoms with Crippen molar-refractivity contribution in [2.45, 2.75) is 38.4 Å². The van der Waals surface area contributed by atoms with Gasteiger partial charge < -0.3 is 15.1 Å². The Morgan fingerprint density at radius 2 is 2.22 bits per heavy atom. The van der Waals surface area contributed by atoms with Crippen LogP contribution in [0.25, 0.3) is 0 Å². The summed E-state index contributed by atoms with van der Waals surface area (Å²) >= 11 is 0. The van der Waals surface area contributed by atoms with Gasteiger partial charge in [0.1, 0.15) is 17.1 Å². The summed E-state index contributed by atoms with van der Waals surface area (Å²) < 4.78 is 42.7. The predicted octanol–water partition coefficient (Wildman–Crippen LogP) is 1.48. The van der Waals surface area contributed by atoms with Crippen LogP contribution in [0.5, 0.6) is 0 Å². The number of aromatic nitrogens is 3. The smallest absolute Gasteiger partial charge is 0.427 e. The Morgan fingerprint density at radius 1 is 1.44 bits per heavy atom. The highest BCUT2D eigenvalue weighted by molar-refractivity contribution is 5.95. The van der Waals surface area contributed by atoms with Crippen LogP contribution in [0.15, 0.2) is 15.3 Å². The van der Waals surface area contributed by atoms with E-state index in [1.54, 1.807) is 13.0 Å². The van der Waals surface area contributed by atoms with E-state index in [1.165, 1.54) is 0 Å². The van der Waals surface area contributed by atoms with Gasteiger partial charge >= 0.3 is 11.8 Å². The molecule has 2 aromatic heterocycles. The zero-order chi connectivity index (χ0) is 19.6. The maximum Gasteiger partial charge on any atom is 0.453 e. The van der Waals surface area contributed by atoms with Crippen LogP contribution < -0.4 is 16.3 Å². The quantitative estimate of drug-likeness (QED) is 0.735. The minimum atomic E-state index is -4.68. The number of carbonyl (C=O) groups excluding carboxylic acids is 1. The van der Waals surface area contributed by atoms with Crippen molar-refractivity contribution in [3.8, 4) is 0 Å². The molecule has 0 radical (unpaired) electrons. The number of nitrogens with one attached hydrogen (secondary N) is 3. The molecule has 1 atom stereocenters. The van der Waals surface area contributed by atoms with E-state index in [2.05, 4.69) is 25.8 Å². The van der Waals surface area contributed by atoms with E-state index < -0.39 is 23.5 Å². The van der Waals surface area contributed by atoms with Crippen molar-refractivity contribution in [1.29, 1.82) is 0 Å². The van der Waals surface area contributed by atoms with Gasteiger partial charge in [-0.3, -0.25) is 9.89 Å². The first-order valence-corrected chi connectivity index (χ1v) is 8.37. The van der Waals surface area contributed by atoms with E-state index >= 15 is 0 Å². The first-order chi connectivity index (χ1) is 12.8. The molecule has 27 heavy (non-hydrogen) atoms. The number of aryl methyl sites for hydroxylation is 1. The lowest BCUT2D eigenvalue weighted by Crippen LogP contribution is -2.31. The SMILES string of the molecule is Cc1cc(C2CCCNC2)oc(=O)c1C(=O)NCc1nc(C(F)(F)F)n[nH]1. The second-order valence-corrected chi connectivity index (χ2v) is 6.32. The number of amides is 1. The summed E-state index contributed by atoms with van der Waals surface area (Å²) in [4.78, 5) is 27.8. The van der Waals surface area contributed by atoms with E-state index in [0.29, 0.717) is 17.9 Å². The summed E-state index contributed by atoms with van der Waals surface area (Å²) in [5, 5.41) is 10.7. The first kappa shape index (κ1) is 19.1. The Kier molecular flexibility index (Phi) is 5.31. The van der Waals surface area contributed by atoms with Gasteiger partial charge in [-0.15, -0.1) is 5.10 Å². The Balaban J connectivity index is 1.71. The number of carbonyl (C=O) groups is 1. The molecule has 1 aliphatic heterocycles. The number of aromatic amines is 1. The highest BCUT2D eigenvalue weighted by Crippen LogP contribution is 2.25. The van der Waals surface area contributed by atoms with Crippen LogP contribution >= 0.6 is 0 Å². The molecule has 3 N–H and O–H groups in total. The number of rotatable bonds is 4. The summed E-state index contributed by atoms with van der Waals surface area (Å²) in [6.45, 7) is 2.88. The van der Waals surface area contributed by atoms with Gasteiger partial charge in [-0.05, 0) is 37.9 Å². The normalized spacial score (nSPS) is 17.7. The fourth-order valence-corrected chi connectivity index (χ4v) is 2.96. The number of halogens is 3. The van der Waals surface area contributed by atoms with Crippen LogP contribution in [0.4, 0.5) is 13.2 Å². The molecule has 1 fully saturated rings. The van der Waals surface area contributed by atoms with Crippen LogP contribution in [-0.4, -0.2) is 34.2 Å². The topological polar surface area (TPSA) is 113 Å². The van der Waals surface area contributed by atoms with Gasteiger partial charge in [0.25, 0.3) is 11.7 Å². The molecular weight excluding hydrogens is 367 g/mol. The van der Waals surface area contributed by atoms with Gasteiger partial charge in [0, 0.05) is 12.5 Å². The minimum Gasteiger partial charge on any atom is -0.427 e. The molecule has 0 aliphatic carbocycles. The molecule has 1 saturated heterocycles. The van der Waals surface area contributed by atoms with Crippen LogP contribution in [0.1, 0.15) is 52.1 Å². The summed E-state index contributed by atoms with van der Waals surface area (Å²) in [7, 11) is 0. The number of hydrogen-bond donors (Lipinski definition) is 3. The van der Waals surface area contributed by atoms with Crippen LogP contribution in [0.3, 0.4) is 0 Å². The second kappa shape index (κ2) is 7.51. The van der Waals surface area contributed by atoms with E-state index in [-0.39, 0.29) is 23.9 Å². The van der Waals surface area contributed by atoms with Crippen LogP contribution in [0.2, 0.25) is 0 Å². The first-order valence-electron chi connectivity index (χ1n) is 8.37. The lowest BCUT2D eigenvalue weighted by molar-refractivity contribution is -0.144. The van der Waals surface area contributed by atoms with E-state index in [4.69, 9.17) is 4.42 Å². The third-order valence-electron chi connectivity index (χ3n) is 4.30. The van der Waals surface area contributed by atoms with Gasteiger partial charge in [-0.25, -0.2) is 9.78 Å². The molecule has 0 aromatic carbocycles. The number of piperidine rings is 1. The predicted molar refractivity (Wildman–Crippen MR) is 87.1 cm³/mol. The third kappa shape index (κ3) is 4.35. The van der Waals surface area contributed by atoms with Gasteiger partial charge in [0.15, 0.2) is 0 Å². The van der Waals surface area contributed by atoms with Crippen LogP contribution in [-0.2, 0) is 12.7 Å². The zero-order valence-corrected chi connectivity index (χ0v) is 14.4. The number of H-pyrrole nitrogens is 1. The molecule has 0 bridgehead atoms. The molecule has 11 heteroatoms. The van der Waals surface area contributed by atoms with Crippen molar-refractivity contribution in [2.75, 3.05) is 13.1 Å². The summed E-state index contributed by atoms with van der Waals surface area (Å²) in [6.07, 6.45) is -2.83. The maximum absolute atomic E-state index is 12.5. The molecular formula is C16H18F3N5O3. The molecule has 3 heterocycles. The van der Waals surface area contributed by atoms with Gasteiger partial charge in [-0.1, -0.05) is 0 Å². The lowest BCUT2D eigenvalue weighted by Gasteiger charge is -2.22. The van der Waals surface area contributed by atoms with Crippen molar-refractivity contribution in [3.05, 3.63) is 45.0 Å². The van der Waals surface area contributed by atoms with Crippen LogP contribution in [0, 0.1) is 6.92 Å². The summed E-state index contributed by atoms with van der Waals surface area (Å²) in [5.74, 6) is -1.67. The molecule has 8 nitrogen and oxygen atoms in total. The molecule has 1 aliphatic rings. The standard InChI is InChI=1S/C16H18F3N5O3/c1-8-5-10(9-3-2-4-20-6-9)27-14(26)12(8)13(25)21-7-11-22-15(24-23-11)16(17,18)19/h5,9,20H,2-4,6-7H2,1H3,(H,21,25)(H,22,23,24). The van der Waals surface area contributed by atoms with Crippen molar-refractivity contribution in [3.63, 3.8) is 0 Å². The largest absolute Gasteiger partial charge is 0.453 e. The average Bonchev–Trinajstić information content (AvgIpc) is 3.09. The maximum atomic E-state index is 12.5. The Labute approximate surface area is 151 Å². The molecule has 2 aromatic rings. The molecule has 146 valence electrons. The molecule has 1 amide bonds. The second-order valence-electron chi connectivity index (χ2n) is 6.32. The molecule has 1 unspecified atom stereocenters. The van der Waals surface area contributed by atoms with E-state index in [9.17, 15) is 22.8 Å². The van der Waals surface area contributed by atoms with Crippen molar-refractivity contribution < 1.29 is 22.4 Å². The average molecular weight is 385 g/mol. The zero-order valence-electron chi connectivity index (χ0n) is 14.4. The Hall–Kier alpha value is -2.69. The minimum absolute atomic E-state index is 0.0669. The highest BCUT2D eigenvalue weighted by Gasteiger charge is 2.36. The van der Waals surface area contributed by atoms with Gasteiger partial charge in [-0.2, -0.15) is 13.2 Å². The monoisotopic (exact) mass is 385 g/mol. The van der Waals surface area contributed by atoms with E-state index in [1.807, 2.05) is 0 Å². The Morgan fingerprint density at radius 3 is 2.81 bits per heavy atom. The fraction of sp³-hybridized carbons (Fsp3) is 0.500. The third-order valence-corrected chi connectivity index (χ3v) is 4.30. The molecule has 3 rings (SSSR count). The van der Waals surface area contributed by atoms with Crippen molar-refractivity contribution >= 4 is 5.91 Å². The number of hydrogen-bond acceptors (Lipinski definition) is 6. The van der Waals surface area contributed by atoms with E-state index in [0.717, 1.165) is 19.4 Å². The molecule has 0 saturated carbocycles. The summed E-state index contributed by atoms with van der Waals surface area (Å²) in [5.41, 5.74) is -0.516. The number of nitrogens with zero attached hydrogens (tertiary/aromatic N) is 2.